The molecule has 0 aliphatic heterocycles. The molecule has 0 aliphatic rings. The molecule has 120 valence electrons. The van der Waals surface area contributed by atoms with Gasteiger partial charge in [-0.15, -0.1) is 6.58 Å². The van der Waals surface area contributed by atoms with Crippen molar-refractivity contribution in [2.24, 2.45) is 5.73 Å². The van der Waals surface area contributed by atoms with Crippen LogP contribution in [0.3, 0.4) is 0 Å². The van der Waals surface area contributed by atoms with Gasteiger partial charge in [-0.2, -0.15) is 0 Å². The van der Waals surface area contributed by atoms with Crippen molar-refractivity contribution < 1.29 is 4.79 Å². The standard InChI is InChI=1S/C21H20N2O/c1-3-14-23-15(2)18(21(22)24)19(16-10-6-4-7-11-16)20(23)17-12-8-5-9-13-17/h3-13H,1,14H2,2H3,(H2,22,24). The fraction of sp³-hybridized carbons (Fsp3) is 0.0952. The Hall–Kier alpha value is -3.07. The lowest BCUT2D eigenvalue weighted by atomic mass is 9.96. The van der Waals surface area contributed by atoms with Gasteiger partial charge in [0.05, 0.1) is 11.3 Å². The average molecular weight is 316 g/mol. The first-order chi connectivity index (χ1) is 11.6. The molecule has 0 unspecified atom stereocenters. The van der Waals surface area contributed by atoms with Gasteiger partial charge in [-0.3, -0.25) is 4.79 Å². The Morgan fingerprint density at radius 1 is 1.04 bits per heavy atom. The van der Waals surface area contributed by atoms with Crippen LogP contribution < -0.4 is 5.73 Å². The summed E-state index contributed by atoms with van der Waals surface area (Å²) in [7, 11) is 0. The SMILES string of the molecule is C=CCn1c(C)c(C(N)=O)c(-c2ccccc2)c1-c1ccccc1. The molecule has 2 N–H and O–H groups in total. The summed E-state index contributed by atoms with van der Waals surface area (Å²) in [5.74, 6) is -0.411. The van der Waals surface area contributed by atoms with Crippen LogP contribution >= 0.6 is 0 Å². The van der Waals surface area contributed by atoms with Gasteiger partial charge in [0, 0.05) is 17.8 Å². The maximum atomic E-state index is 12.2. The number of aromatic nitrogens is 1. The Bertz CT molecular complexity index is 877. The lowest BCUT2D eigenvalue weighted by molar-refractivity contribution is 0.1000. The Morgan fingerprint density at radius 2 is 1.58 bits per heavy atom. The minimum atomic E-state index is -0.411. The fourth-order valence-corrected chi connectivity index (χ4v) is 3.18. The largest absolute Gasteiger partial charge is 0.366 e. The molecule has 0 spiro atoms. The van der Waals surface area contributed by atoms with Gasteiger partial charge in [0.15, 0.2) is 0 Å². The van der Waals surface area contributed by atoms with E-state index in [9.17, 15) is 4.79 Å². The minimum Gasteiger partial charge on any atom is -0.366 e. The zero-order valence-electron chi connectivity index (χ0n) is 13.7. The second-order valence-electron chi connectivity index (χ2n) is 5.68. The van der Waals surface area contributed by atoms with E-state index in [1.54, 1.807) is 0 Å². The van der Waals surface area contributed by atoms with Crippen molar-refractivity contribution in [2.75, 3.05) is 0 Å². The summed E-state index contributed by atoms with van der Waals surface area (Å²) >= 11 is 0. The normalized spacial score (nSPS) is 10.5. The molecule has 2 aromatic carbocycles. The molecule has 1 amide bonds. The number of allylic oxidation sites excluding steroid dienone is 1. The maximum Gasteiger partial charge on any atom is 0.251 e. The first-order valence-electron chi connectivity index (χ1n) is 7.89. The summed E-state index contributed by atoms with van der Waals surface area (Å²) in [4.78, 5) is 12.2. The van der Waals surface area contributed by atoms with Crippen molar-refractivity contribution in [3.63, 3.8) is 0 Å². The summed E-state index contributed by atoms with van der Waals surface area (Å²) in [6, 6.07) is 20.0. The minimum absolute atomic E-state index is 0.411. The molecule has 0 atom stereocenters. The predicted molar refractivity (Wildman–Crippen MR) is 98.8 cm³/mol. The molecule has 0 saturated heterocycles. The van der Waals surface area contributed by atoms with E-state index in [-0.39, 0.29) is 0 Å². The molecular weight excluding hydrogens is 296 g/mol. The van der Waals surface area contributed by atoms with E-state index in [1.165, 1.54) is 0 Å². The van der Waals surface area contributed by atoms with Crippen molar-refractivity contribution in [2.45, 2.75) is 13.5 Å². The van der Waals surface area contributed by atoms with E-state index in [0.29, 0.717) is 12.1 Å². The zero-order chi connectivity index (χ0) is 17.1. The molecule has 3 nitrogen and oxygen atoms in total. The second kappa shape index (κ2) is 6.59. The van der Waals surface area contributed by atoms with Crippen molar-refractivity contribution >= 4 is 5.91 Å². The molecule has 24 heavy (non-hydrogen) atoms. The number of hydrogen-bond acceptors (Lipinski definition) is 1. The summed E-state index contributed by atoms with van der Waals surface area (Å²) < 4.78 is 2.10. The highest BCUT2D eigenvalue weighted by atomic mass is 16.1. The maximum absolute atomic E-state index is 12.2. The number of primary amides is 1. The number of amides is 1. The number of hydrogen-bond donors (Lipinski definition) is 1. The van der Waals surface area contributed by atoms with Gasteiger partial charge in [-0.1, -0.05) is 66.7 Å². The molecule has 0 saturated carbocycles. The van der Waals surface area contributed by atoms with Gasteiger partial charge in [0.25, 0.3) is 5.91 Å². The first kappa shape index (κ1) is 15.8. The number of benzene rings is 2. The lowest BCUT2D eigenvalue weighted by Crippen LogP contribution is -2.13. The highest BCUT2D eigenvalue weighted by Gasteiger charge is 2.25. The van der Waals surface area contributed by atoms with E-state index in [2.05, 4.69) is 11.1 Å². The van der Waals surface area contributed by atoms with Crippen molar-refractivity contribution in [3.05, 3.63) is 84.6 Å². The van der Waals surface area contributed by atoms with Crippen LogP contribution in [0.15, 0.2) is 73.3 Å². The molecular formula is C21H20N2O. The third-order valence-electron chi connectivity index (χ3n) is 4.19. The molecule has 1 aromatic heterocycles. The second-order valence-corrected chi connectivity index (χ2v) is 5.68. The molecule has 0 bridgehead atoms. The highest BCUT2D eigenvalue weighted by molar-refractivity contribution is 6.05. The van der Waals surface area contributed by atoms with Gasteiger partial charge >= 0.3 is 0 Å². The van der Waals surface area contributed by atoms with E-state index in [4.69, 9.17) is 5.73 Å². The van der Waals surface area contributed by atoms with Crippen LogP contribution in [0, 0.1) is 6.92 Å². The van der Waals surface area contributed by atoms with E-state index in [1.807, 2.05) is 73.7 Å². The molecule has 1 heterocycles. The Morgan fingerprint density at radius 3 is 2.08 bits per heavy atom. The Balaban J connectivity index is 2.42. The van der Waals surface area contributed by atoms with Crippen LogP contribution in [-0.4, -0.2) is 10.5 Å². The molecule has 0 fully saturated rings. The van der Waals surface area contributed by atoms with Gasteiger partial charge in [0.2, 0.25) is 0 Å². The molecule has 0 radical (unpaired) electrons. The van der Waals surface area contributed by atoms with E-state index >= 15 is 0 Å². The third-order valence-corrected chi connectivity index (χ3v) is 4.19. The van der Waals surface area contributed by atoms with Gasteiger partial charge in [-0.05, 0) is 18.1 Å². The number of nitrogens with zero attached hydrogens (tertiary/aromatic N) is 1. The lowest BCUT2D eigenvalue weighted by Gasteiger charge is -2.12. The van der Waals surface area contributed by atoms with Crippen molar-refractivity contribution in [1.82, 2.24) is 4.57 Å². The topological polar surface area (TPSA) is 48.0 Å². The van der Waals surface area contributed by atoms with Crippen LogP contribution in [0.25, 0.3) is 22.4 Å². The first-order valence-corrected chi connectivity index (χ1v) is 7.89. The van der Waals surface area contributed by atoms with Crippen LogP contribution in [0.4, 0.5) is 0 Å². The van der Waals surface area contributed by atoms with Gasteiger partial charge < -0.3 is 10.3 Å². The van der Waals surface area contributed by atoms with Gasteiger partial charge in [-0.25, -0.2) is 0 Å². The molecule has 3 rings (SSSR count). The Labute approximate surface area is 142 Å². The van der Waals surface area contributed by atoms with Crippen LogP contribution in [0.5, 0.6) is 0 Å². The third kappa shape index (κ3) is 2.65. The Kier molecular flexibility index (Phi) is 4.34. The van der Waals surface area contributed by atoms with E-state index < -0.39 is 5.91 Å². The van der Waals surface area contributed by atoms with Crippen LogP contribution in [-0.2, 0) is 6.54 Å². The summed E-state index contributed by atoms with van der Waals surface area (Å²) in [5, 5.41) is 0. The number of carbonyl (C=O) groups is 1. The van der Waals surface area contributed by atoms with Crippen molar-refractivity contribution in [1.29, 1.82) is 0 Å². The summed E-state index contributed by atoms with van der Waals surface area (Å²) in [5.41, 5.74) is 11.1. The van der Waals surface area contributed by atoms with Crippen LogP contribution in [0.1, 0.15) is 16.1 Å². The van der Waals surface area contributed by atoms with Crippen molar-refractivity contribution in [3.8, 4) is 22.4 Å². The monoisotopic (exact) mass is 316 g/mol. The number of nitrogens with two attached hydrogens (primary N) is 1. The highest BCUT2D eigenvalue weighted by Crippen LogP contribution is 2.39. The zero-order valence-corrected chi connectivity index (χ0v) is 13.7. The summed E-state index contributed by atoms with van der Waals surface area (Å²) in [6.07, 6.45) is 1.83. The number of carbonyl (C=O) groups excluding carboxylic acids is 1. The average Bonchev–Trinajstić information content (AvgIpc) is 2.90. The predicted octanol–water partition coefficient (Wildman–Crippen LogP) is 4.42. The fourth-order valence-electron chi connectivity index (χ4n) is 3.18. The number of rotatable bonds is 5. The van der Waals surface area contributed by atoms with Gasteiger partial charge in [0.1, 0.15) is 0 Å². The molecule has 3 aromatic rings. The quantitative estimate of drug-likeness (QED) is 0.696. The van der Waals surface area contributed by atoms with Crippen LogP contribution in [0.2, 0.25) is 0 Å². The smallest absolute Gasteiger partial charge is 0.251 e. The molecule has 0 aliphatic carbocycles. The van der Waals surface area contributed by atoms with E-state index in [0.717, 1.165) is 28.1 Å². The molecule has 3 heteroatoms. The summed E-state index contributed by atoms with van der Waals surface area (Å²) in [6.45, 7) is 6.40.